The van der Waals surface area contributed by atoms with Crippen molar-refractivity contribution < 1.29 is 19.2 Å². The number of halogens is 1. The first-order chi connectivity index (χ1) is 14.0. The molecule has 0 bridgehead atoms. The van der Waals surface area contributed by atoms with Crippen LogP contribution in [-0.4, -0.2) is 29.4 Å². The van der Waals surface area contributed by atoms with Gasteiger partial charge in [0.2, 0.25) is 0 Å². The number of amides is 1. The van der Waals surface area contributed by atoms with Crippen LogP contribution in [0.3, 0.4) is 0 Å². The Hall–Kier alpha value is -2.93. The molecule has 0 aromatic heterocycles. The maximum absolute atomic E-state index is 12.9. The largest absolute Gasteiger partial charge is 0.452 e. The van der Waals surface area contributed by atoms with Crippen LogP contribution in [-0.2, 0) is 9.53 Å². The molecule has 0 unspecified atom stereocenters. The fraction of sp³-hybridized carbons (Fsp3) is 0.333. The van der Waals surface area contributed by atoms with Gasteiger partial charge in [-0.1, -0.05) is 49.1 Å². The van der Waals surface area contributed by atoms with Crippen molar-refractivity contribution in [3.63, 3.8) is 0 Å². The summed E-state index contributed by atoms with van der Waals surface area (Å²) in [6.07, 6.45) is 5.05. The molecular formula is C21H21ClN2O5. The van der Waals surface area contributed by atoms with Gasteiger partial charge in [0.05, 0.1) is 10.5 Å². The van der Waals surface area contributed by atoms with E-state index in [0.717, 1.165) is 43.9 Å². The van der Waals surface area contributed by atoms with E-state index in [1.807, 2.05) is 30.3 Å². The number of rotatable bonds is 6. The van der Waals surface area contributed by atoms with Crippen LogP contribution >= 0.6 is 11.6 Å². The summed E-state index contributed by atoms with van der Waals surface area (Å²) in [4.78, 5) is 37.3. The minimum atomic E-state index is -0.810. The van der Waals surface area contributed by atoms with E-state index in [4.69, 9.17) is 16.3 Å². The summed E-state index contributed by atoms with van der Waals surface area (Å²) in [6, 6.07) is 13.0. The van der Waals surface area contributed by atoms with Gasteiger partial charge >= 0.3 is 5.97 Å². The molecule has 0 heterocycles. The molecule has 1 aliphatic carbocycles. The van der Waals surface area contributed by atoms with Crippen molar-refractivity contribution in [2.45, 2.75) is 38.1 Å². The lowest BCUT2D eigenvalue weighted by Crippen LogP contribution is -2.43. The summed E-state index contributed by atoms with van der Waals surface area (Å²) in [6.45, 7) is -0.444. The number of nitro benzene ring substituents is 1. The normalized spacial score (nSPS) is 14.2. The van der Waals surface area contributed by atoms with Crippen LogP contribution in [0.4, 0.5) is 11.4 Å². The number of ether oxygens (including phenoxy) is 1. The average Bonchev–Trinajstić information content (AvgIpc) is 2.74. The average molecular weight is 417 g/mol. The van der Waals surface area contributed by atoms with E-state index in [-0.39, 0.29) is 28.2 Å². The molecule has 0 atom stereocenters. The van der Waals surface area contributed by atoms with E-state index >= 15 is 0 Å². The highest BCUT2D eigenvalue weighted by Gasteiger charge is 2.28. The lowest BCUT2D eigenvalue weighted by Gasteiger charge is -2.34. The Morgan fingerprint density at radius 2 is 1.79 bits per heavy atom. The van der Waals surface area contributed by atoms with Gasteiger partial charge in [-0.05, 0) is 37.1 Å². The molecule has 0 N–H and O–H groups in total. The van der Waals surface area contributed by atoms with Crippen molar-refractivity contribution in [1.29, 1.82) is 0 Å². The highest BCUT2D eigenvalue weighted by molar-refractivity contribution is 6.32. The predicted octanol–water partition coefficient (Wildman–Crippen LogP) is 4.77. The van der Waals surface area contributed by atoms with Gasteiger partial charge in [-0.3, -0.25) is 14.9 Å². The van der Waals surface area contributed by atoms with E-state index < -0.39 is 17.5 Å². The fourth-order valence-electron chi connectivity index (χ4n) is 3.55. The van der Waals surface area contributed by atoms with E-state index in [0.29, 0.717) is 0 Å². The number of benzene rings is 2. The Balaban J connectivity index is 1.72. The minimum Gasteiger partial charge on any atom is -0.452 e. The van der Waals surface area contributed by atoms with Crippen LogP contribution in [0.25, 0.3) is 0 Å². The second kappa shape index (κ2) is 9.52. The maximum Gasteiger partial charge on any atom is 0.338 e. The summed E-state index contributed by atoms with van der Waals surface area (Å²) in [5.41, 5.74) is 0.348. The molecule has 0 saturated heterocycles. The number of nitro groups is 1. The molecular weight excluding hydrogens is 396 g/mol. The van der Waals surface area contributed by atoms with Crippen LogP contribution in [0.1, 0.15) is 42.5 Å². The highest BCUT2D eigenvalue weighted by Crippen LogP contribution is 2.28. The number of para-hydroxylation sites is 1. The predicted molar refractivity (Wildman–Crippen MR) is 109 cm³/mol. The third kappa shape index (κ3) is 5.12. The minimum absolute atomic E-state index is 0.0298. The number of carbonyl (C=O) groups is 2. The van der Waals surface area contributed by atoms with Crippen molar-refractivity contribution in [3.8, 4) is 0 Å². The smallest absolute Gasteiger partial charge is 0.338 e. The fourth-order valence-corrected chi connectivity index (χ4v) is 3.73. The zero-order valence-corrected chi connectivity index (χ0v) is 16.5. The van der Waals surface area contributed by atoms with E-state index in [2.05, 4.69) is 0 Å². The molecule has 1 saturated carbocycles. The van der Waals surface area contributed by atoms with Crippen molar-refractivity contribution >= 4 is 34.9 Å². The third-order valence-corrected chi connectivity index (χ3v) is 5.27. The van der Waals surface area contributed by atoms with Crippen LogP contribution < -0.4 is 4.90 Å². The Labute approximate surface area is 173 Å². The Morgan fingerprint density at radius 3 is 2.45 bits per heavy atom. The Morgan fingerprint density at radius 1 is 1.10 bits per heavy atom. The van der Waals surface area contributed by atoms with Crippen LogP contribution in [0.5, 0.6) is 0 Å². The zero-order valence-electron chi connectivity index (χ0n) is 15.8. The van der Waals surface area contributed by atoms with Crippen molar-refractivity contribution in [1.82, 2.24) is 0 Å². The molecule has 29 heavy (non-hydrogen) atoms. The molecule has 0 spiro atoms. The second-order valence-corrected chi connectivity index (χ2v) is 7.30. The molecule has 7 nitrogen and oxygen atoms in total. The van der Waals surface area contributed by atoms with Gasteiger partial charge in [0.1, 0.15) is 5.02 Å². The molecule has 1 aliphatic rings. The lowest BCUT2D eigenvalue weighted by molar-refractivity contribution is -0.384. The van der Waals surface area contributed by atoms with Gasteiger partial charge in [0.25, 0.3) is 11.6 Å². The van der Waals surface area contributed by atoms with Crippen molar-refractivity contribution in [2.75, 3.05) is 11.5 Å². The van der Waals surface area contributed by atoms with E-state index in [1.165, 1.54) is 12.1 Å². The maximum atomic E-state index is 12.9. The number of hydrogen-bond acceptors (Lipinski definition) is 5. The van der Waals surface area contributed by atoms with Gasteiger partial charge in [-0.25, -0.2) is 4.79 Å². The molecule has 0 radical (unpaired) electrons. The first-order valence-electron chi connectivity index (χ1n) is 9.45. The van der Waals surface area contributed by atoms with E-state index in [9.17, 15) is 19.7 Å². The Kier molecular flexibility index (Phi) is 6.82. The number of esters is 1. The van der Waals surface area contributed by atoms with Crippen LogP contribution in [0, 0.1) is 10.1 Å². The molecule has 0 aliphatic heterocycles. The Bertz CT molecular complexity index is 897. The summed E-state index contributed by atoms with van der Waals surface area (Å²) in [5, 5.41) is 10.9. The zero-order chi connectivity index (χ0) is 20.8. The monoisotopic (exact) mass is 416 g/mol. The molecule has 1 amide bonds. The molecule has 3 rings (SSSR count). The van der Waals surface area contributed by atoms with Gasteiger partial charge in [0.15, 0.2) is 6.61 Å². The van der Waals surface area contributed by atoms with Crippen LogP contribution in [0.2, 0.25) is 5.02 Å². The van der Waals surface area contributed by atoms with E-state index in [1.54, 1.807) is 4.90 Å². The quantitative estimate of drug-likeness (QED) is 0.384. The number of hydrogen-bond donors (Lipinski definition) is 0. The molecule has 1 fully saturated rings. The summed E-state index contributed by atoms with van der Waals surface area (Å²) in [5.74, 6) is -1.13. The second-order valence-electron chi connectivity index (χ2n) is 6.89. The first-order valence-corrected chi connectivity index (χ1v) is 9.83. The SMILES string of the molecule is O=C(OCC(=O)N(c1ccccc1)C1CCCCC1)c1ccc(Cl)c([N+](=O)[O-])c1. The topological polar surface area (TPSA) is 89.8 Å². The highest BCUT2D eigenvalue weighted by atomic mass is 35.5. The molecule has 2 aromatic carbocycles. The number of carbonyl (C=O) groups excluding carboxylic acids is 2. The third-order valence-electron chi connectivity index (χ3n) is 4.95. The van der Waals surface area contributed by atoms with Gasteiger partial charge in [0, 0.05) is 17.8 Å². The summed E-state index contributed by atoms with van der Waals surface area (Å²) in [7, 11) is 0. The van der Waals surface area contributed by atoms with Gasteiger partial charge < -0.3 is 9.64 Å². The number of anilines is 1. The van der Waals surface area contributed by atoms with Crippen molar-refractivity contribution in [2.24, 2.45) is 0 Å². The first kappa shape index (κ1) is 20.8. The van der Waals surface area contributed by atoms with Gasteiger partial charge in [-0.15, -0.1) is 0 Å². The number of nitrogens with zero attached hydrogens (tertiary/aromatic N) is 2. The van der Waals surface area contributed by atoms with Crippen molar-refractivity contribution in [3.05, 3.63) is 69.2 Å². The standard InChI is InChI=1S/C21H21ClN2O5/c22-18-12-11-15(13-19(18)24(27)28)21(26)29-14-20(25)23(16-7-3-1-4-8-16)17-9-5-2-6-10-17/h1,3-4,7-8,11-13,17H,2,5-6,9-10,14H2. The molecule has 2 aromatic rings. The molecule has 8 heteroatoms. The lowest BCUT2D eigenvalue weighted by atomic mass is 9.93. The summed E-state index contributed by atoms with van der Waals surface area (Å²) >= 11 is 5.76. The van der Waals surface area contributed by atoms with Crippen LogP contribution in [0.15, 0.2) is 48.5 Å². The summed E-state index contributed by atoms with van der Waals surface area (Å²) < 4.78 is 5.16. The van der Waals surface area contributed by atoms with Gasteiger partial charge in [-0.2, -0.15) is 0 Å². The molecule has 152 valence electrons.